The number of aliphatic hydroxyl groups excluding tert-OH is 2. The molecule has 1 heterocycles. The number of hydrogen-bond acceptors (Lipinski definition) is 4. The fraction of sp³-hybridized carbons (Fsp3) is 1.00. The average molecular weight is 429 g/mol. The van der Waals surface area contributed by atoms with E-state index < -0.39 is 18.5 Å². The zero-order valence-electron chi connectivity index (χ0n) is 20.3. The second-order valence-corrected chi connectivity index (χ2v) is 9.63. The Morgan fingerprint density at radius 2 is 1.23 bits per heavy atom. The van der Waals surface area contributed by atoms with Gasteiger partial charge in [0.15, 0.2) is 6.29 Å². The van der Waals surface area contributed by atoms with Gasteiger partial charge in [0.05, 0.1) is 18.8 Å². The van der Waals surface area contributed by atoms with Crippen LogP contribution in [0.25, 0.3) is 0 Å². The van der Waals surface area contributed by atoms with Crippen LogP contribution in [0.1, 0.15) is 130 Å². The third-order valence-corrected chi connectivity index (χ3v) is 6.54. The van der Waals surface area contributed by atoms with Gasteiger partial charge in [0.2, 0.25) is 0 Å². The minimum Gasteiger partial charge on any atom is -0.390 e. The minimum absolute atomic E-state index is 0.0712. The molecule has 1 aliphatic rings. The molecule has 4 heteroatoms. The molecule has 1 saturated heterocycles. The molecule has 0 radical (unpaired) electrons. The highest BCUT2D eigenvalue weighted by Crippen LogP contribution is 2.24. The first-order valence-electron chi connectivity index (χ1n) is 13.2. The first-order valence-corrected chi connectivity index (χ1v) is 13.2. The predicted octanol–water partition coefficient (Wildman–Crippen LogP) is 6.76. The van der Waals surface area contributed by atoms with Gasteiger partial charge < -0.3 is 19.7 Å². The van der Waals surface area contributed by atoms with Crippen LogP contribution in [0.4, 0.5) is 0 Å². The number of ether oxygens (including phenoxy) is 2. The molecule has 0 saturated carbocycles. The lowest BCUT2D eigenvalue weighted by Crippen LogP contribution is -2.49. The summed E-state index contributed by atoms with van der Waals surface area (Å²) < 4.78 is 11.7. The molecule has 0 spiro atoms. The Hall–Kier alpha value is -0.160. The Morgan fingerprint density at radius 3 is 1.73 bits per heavy atom. The van der Waals surface area contributed by atoms with Gasteiger partial charge in [0, 0.05) is 6.42 Å². The maximum atomic E-state index is 10.2. The molecule has 0 aromatic heterocycles. The van der Waals surface area contributed by atoms with Gasteiger partial charge >= 0.3 is 0 Å². The van der Waals surface area contributed by atoms with Crippen molar-refractivity contribution < 1.29 is 19.7 Å². The van der Waals surface area contributed by atoms with E-state index in [1.807, 2.05) is 6.92 Å². The van der Waals surface area contributed by atoms with Crippen molar-refractivity contribution in [3.8, 4) is 0 Å². The second kappa shape index (κ2) is 18.4. The Bertz CT molecular complexity index is 376. The summed E-state index contributed by atoms with van der Waals surface area (Å²) in [4.78, 5) is 0. The Labute approximate surface area is 187 Å². The summed E-state index contributed by atoms with van der Waals surface area (Å²) in [7, 11) is 0. The molecule has 5 unspecified atom stereocenters. The summed E-state index contributed by atoms with van der Waals surface area (Å²) in [6.07, 6.45) is 19.1. The number of rotatable bonds is 19. The highest BCUT2D eigenvalue weighted by molar-refractivity contribution is 4.79. The molecule has 180 valence electrons. The van der Waals surface area contributed by atoms with Gasteiger partial charge in [-0.2, -0.15) is 0 Å². The van der Waals surface area contributed by atoms with Crippen molar-refractivity contribution >= 4 is 0 Å². The van der Waals surface area contributed by atoms with Gasteiger partial charge in [-0.3, -0.25) is 0 Å². The van der Waals surface area contributed by atoms with E-state index in [-0.39, 0.29) is 6.10 Å². The van der Waals surface area contributed by atoms with E-state index in [1.54, 1.807) is 0 Å². The fourth-order valence-corrected chi connectivity index (χ4v) is 4.49. The fourth-order valence-electron chi connectivity index (χ4n) is 4.49. The summed E-state index contributed by atoms with van der Waals surface area (Å²) >= 11 is 0. The van der Waals surface area contributed by atoms with Crippen molar-refractivity contribution in [2.45, 2.75) is 155 Å². The van der Waals surface area contributed by atoms with Crippen molar-refractivity contribution in [1.82, 2.24) is 0 Å². The Morgan fingerprint density at radius 1 is 0.767 bits per heavy atom. The lowest BCUT2D eigenvalue weighted by atomic mass is 9.94. The third kappa shape index (κ3) is 13.3. The van der Waals surface area contributed by atoms with Crippen LogP contribution in [-0.2, 0) is 9.47 Å². The standard InChI is InChI=1S/C26H52O4/c1-4-6-8-10-12-13-15-17-19-23(18-16-14-11-9-7-5-2)21-29-26-25(28)24(27)20-22(3)30-26/h22-28H,4-21H2,1-3H3. The largest absolute Gasteiger partial charge is 0.390 e. The maximum absolute atomic E-state index is 10.2. The monoisotopic (exact) mass is 428 g/mol. The van der Waals surface area contributed by atoms with Crippen molar-refractivity contribution in [2.24, 2.45) is 5.92 Å². The summed E-state index contributed by atoms with van der Waals surface area (Å²) in [5.74, 6) is 0.529. The van der Waals surface area contributed by atoms with Crippen molar-refractivity contribution in [1.29, 1.82) is 0 Å². The molecule has 4 nitrogen and oxygen atoms in total. The highest BCUT2D eigenvalue weighted by Gasteiger charge is 2.35. The topological polar surface area (TPSA) is 58.9 Å². The quantitative estimate of drug-likeness (QED) is 0.223. The molecule has 0 aliphatic carbocycles. The van der Waals surface area contributed by atoms with Crippen molar-refractivity contribution in [2.75, 3.05) is 6.61 Å². The van der Waals surface area contributed by atoms with Crippen LogP contribution in [-0.4, -0.2) is 41.4 Å². The molecule has 5 atom stereocenters. The maximum Gasteiger partial charge on any atom is 0.186 e. The summed E-state index contributed by atoms with van der Waals surface area (Å²) in [5, 5.41) is 20.2. The van der Waals surface area contributed by atoms with Crippen LogP contribution in [0.5, 0.6) is 0 Å². The highest BCUT2D eigenvalue weighted by atomic mass is 16.7. The average Bonchev–Trinajstić information content (AvgIpc) is 2.73. The summed E-state index contributed by atoms with van der Waals surface area (Å²) in [6.45, 7) is 7.09. The van der Waals surface area contributed by atoms with Gasteiger partial charge in [0.25, 0.3) is 0 Å². The van der Waals surface area contributed by atoms with Crippen LogP contribution in [0.2, 0.25) is 0 Å². The smallest absolute Gasteiger partial charge is 0.186 e. The van der Waals surface area contributed by atoms with Crippen LogP contribution < -0.4 is 0 Å². The van der Waals surface area contributed by atoms with Crippen LogP contribution >= 0.6 is 0 Å². The Balaban J connectivity index is 2.30. The van der Waals surface area contributed by atoms with Gasteiger partial charge in [-0.25, -0.2) is 0 Å². The molecule has 30 heavy (non-hydrogen) atoms. The van der Waals surface area contributed by atoms with Crippen molar-refractivity contribution in [3.63, 3.8) is 0 Å². The minimum atomic E-state index is -0.931. The van der Waals surface area contributed by atoms with Gasteiger partial charge in [0.1, 0.15) is 6.10 Å². The summed E-state index contributed by atoms with van der Waals surface area (Å²) in [6, 6.07) is 0. The van der Waals surface area contributed by atoms with Crippen LogP contribution in [0.15, 0.2) is 0 Å². The molecule has 0 aromatic rings. The predicted molar refractivity (Wildman–Crippen MR) is 126 cm³/mol. The molecular weight excluding hydrogens is 376 g/mol. The van der Waals surface area contributed by atoms with E-state index in [0.717, 1.165) is 0 Å². The van der Waals surface area contributed by atoms with E-state index in [1.165, 1.54) is 103 Å². The Kier molecular flexibility index (Phi) is 17.1. The molecule has 1 rings (SSSR count). The molecule has 1 fully saturated rings. The molecule has 0 bridgehead atoms. The molecular formula is C26H52O4. The van der Waals surface area contributed by atoms with Gasteiger partial charge in [-0.1, -0.05) is 104 Å². The van der Waals surface area contributed by atoms with E-state index in [0.29, 0.717) is 18.9 Å². The number of aliphatic hydroxyl groups is 2. The first-order chi connectivity index (χ1) is 14.6. The zero-order chi connectivity index (χ0) is 22.0. The zero-order valence-corrected chi connectivity index (χ0v) is 20.3. The molecule has 0 amide bonds. The van der Waals surface area contributed by atoms with E-state index in [9.17, 15) is 10.2 Å². The lowest BCUT2D eigenvalue weighted by molar-refractivity contribution is -0.266. The first kappa shape index (κ1) is 27.9. The number of unbranched alkanes of at least 4 members (excludes halogenated alkanes) is 12. The number of hydrogen-bond donors (Lipinski definition) is 2. The van der Waals surface area contributed by atoms with E-state index in [4.69, 9.17) is 9.47 Å². The van der Waals surface area contributed by atoms with Crippen LogP contribution in [0.3, 0.4) is 0 Å². The summed E-state index contributed by atoms with van der Waals surface area (Å²) in [5.41, 5.74) is 0. The normalized spacial score (nSPS) is 25.5. The lowest BCUT2D eigenvalue weighted by Gasteiger charge is -2.36. The third-order valence-electron chi connectivity index (χ3n) is 6.54. The van der Waals surface area contributed by atoms with Gasteiger partial charge in [-0.15, -0.1) is 0 Å². The van der Waals surface area contributed by atoms with Crippen LogP contribution in [0, 0.1) is 5.92 Å². The molecule has 0 aromatic carbocycles. The SMILES string of the molecule is CCCCCCCCCCC(CCCCCCCC)COC1OC(C)CC(O)C1O. The second-order valence-electron chi connectivity index (χ2n) is 9.63. The molecule has 2 N–H and O–H groups in total. The van der Waals surface area contributed by atoms with E-state index >= 15 is 0 Å². The van der Waals surface area contributed by atoms with Gasteiger partial charge in [-0.05, 0) is 25.7 Å². The van der Waals surface area contributed by atoms with E-state index in [2.05, 4.69) is 13.8 Å². The molecule has 1 aliphatic heterocycles. The van der Waals surface area contributed by atoms with Crippen molar-refractivity contribution in [3.05, 3.63) is 0 Å².